The number of piperazine rings is 1. The fourth-order valence-electron chi connectivity index (χ4n) is 2.49. The van der Waals surface area contributed by atoms with Gasteiger partial charge in [0, 0.05) is 38.8 Å². The van der Waals surface area contributed by atoms with Crippen LogP contribution in [0.3, 0.4) is 0 Å². The van der Waals surface area contributed by atoms with Crippen molar-refractivity contribution in [2.45, 2.75) is 20.3 Å². The van der Waals surface area contributed by atoms with Gasteiger partial charge in [-0.1, -0.05) is 13.8 Å². The Bertz CT molecular complexity index is 385. The van der Waals surface area contributed by atoms with Gasteiger partial charge in [0.2, 0.25) is 0 Å². The first-order valence-electron chi connectivity index (χ1n) is 6.79. The van der Waals surface area contributed by atoms with E-state index >= 15 is 0 Å². The van der Waals surface area contributed by atoms with Crippen molar-refractivity contribution in [1.82, 2.24) is 14.9 Å². The lowest BCUT2D eigenvalue weighted by Gasteiger charge is -2.35. The summed E-state index contributed by atoms with van der Waals surface area (Å²) in [5.74, 6) is 2.06. The molecule has 18 heavy (non-hydrogen) atoms. The lowest BCUT2D eigenvalue weighted by molar-refractivity contribution is 0.270. The van der Waals surface area contributed by atoms with Crippen LogP contribution < -0.4 is 10.2 Å². The van der Waals surface area contributed by atoms with Crippen LogP contribution in [-0.2, 0) is 6.42 Å². The summed E-state index contributed by atoms with van der Waals surface area (Å²) in [6, 6.07) is 0. The smallest absolute Gasteiger partial charge is 0.137 e. The molecule has 0 spiro atoms. The highest BCUT2D eigenvalue weighted by molar-refractivity contribution is 5.58. The van der Waals surface area contributed by atoms with Crippen molar-refractivity contribution >= 4 is 11.6 Å². The van der Waals surface area contributed by atoms with Crippen molar-refractivity contribution in [3.63, 3.8) is 0 Å². The van der Waals surface area contributed by atoms with Gasteiger partial charge in [-0.25, -0.2) is 9.97 Å². The van der Waals surface area contributed by atoms with E-state index in [1.54, 1.807) is 6.33 Å². The molecule has 5 nitrogen and oxygen atoms in total. The van der Waals surface area contributed by atoms with E-state index < -0.39 is 0 Å². The van der Waals surface area contributed by atoms with Crippen LogP contribution in [0.25, 0.3) is 0 Å². The molecule has 0 atom stereocenters. The highest BCUT2D eigenvalue weighted by Gasteiger charge is 2.20. The highest BCUT2D eigenvalue weighted by atomic mass is 15.3. The molecular weight excluding hydrogens is 226 g/mol. The molecule has 2 rings (SSSR count). The summed E-state index contributed by atoms with van der Waals surface area (Å²) in [7, 11) is 1.92. The summed E-state index contributed by atoms with van der Waals surface area (Å²) < 4.78 is 0. The summed E-state index contributed by atoms with van der Waals surface area (Å²) in [5.41, 5.74) is 1.23. The van der Waals surface area contributed by atoms with Crippen molar-refractivity contribution in [3.05, 3.63) is 11.9 Å². The lowest BCUT2D eigenvalue weighted by Crippen LogP contribution is -2.46. The first kappa shape index (κ1) is 13.1. The number of hydrogen-bond donors (Lipinski definition) is 1. The largest absolute Gasteiger partial charge is 0.373 e. The Balaban J connectivity index is 2.18. The maximum absolute atomic E-state index is 4.49. The number of aromatic nitrogens is 2. The number of nitrogens with zero attached hydrogens (tertiary/aromatic N) is 4. The minimum atomic E-state index is 0.959. The molecule has 0 radical (unpaired) electrons. The van der Waals surface area contributed by atoms with E-state index in [2.05, 4.69) is 38.9 Å². The van der Waals surface area contributed by atoms with Gasteiger partial charge in [-0.15, -0.1) is 0 Å². The number of rotatable bonds is 4. The second-order valence-corrected chi connectivity index (χ2v) is 4.55. The average molecular weight is 249 g/mol. The van der Waals surface area contributed by atoms with Crippen LogP contribution in [-0.4, -0.2) is 54.6 Å². The third-order valence-electron chi connectivity index (χ3n) is 3.63. The third kappa shape index (κ3) is 2.56. The average Bonchev–Trinajstić information content (AvgIpc) is 2.46. The zero-order chi connectivity index (χ0) is 13.0. The molecule has 1 fully saturated rings. The predicted molar refractivity (Wildman–Crippen MR) is 75.3 cm³/mol. The third-order valence-corrected chi connectivity index (χ3v) is 3.63. The zero-order valence-electron chi connectivity index (χ0n) is 11.6. The van der Waals surface area contributed by atoms with Crippen molar-refractivity contribution in [2.75, 3.05) is 50.0 Å². The number of nitrogens with one attached hydrogen (secondary N) is 1. The molecule has 0 bridgehead atoms. The molecule has 1 N–H and O–H groups in total. The normalized spacial score (nSPS) is 16.9. The van der Waals surface area contributed by atoms with Crippen molar-refractivity contribution in [1.29, 1.82) is 0 Å². The van der Waals surface area contributed by atoms with Gasteiger partial charge in [-0.2, -0.15) is 0 Å². The molecule has 2 heterocycles. The standard InChI is InChI=1S/C13H23N5/c1-4-11-12(14-3)15-10-16-13(11)18-8-6-17(5-2)7-9-18/h10H,4-9H2,1-3H3,(H,14,15,16). The summed E-state index contributed by atoms with van der Waals surface area (Å²) in [5, 5.41) is 3.16. The topological polar surface area (TPSA) is 44.3 Å². The first-order valence-corrected chi connectivity index (χ1v) is 6.79. The van der Waals surface area contributed by atoms with E-state index in [1.807, 2.05) is 7.05 Å². The molecule has 1 aliphatic heterocycles. The molecular formula is C13H23N5. The lowest BCUT2D eigenvalue weighted by atomic mass is 10.2. The monoisotopic (exact) mass is 249 g/mol. The van der Waals surface area contributed by atoms with Gasteiger partial charge >= 0.3 is 0 Å². The number of anilines is 2. The quantitative estimate of drug-likeness (QED) is 0.869. The van der Waals surface area contributed by atoms with Gasteiger partial charge in [-0.05, 0) is 13.0 Å². The Labute approximate surface area is 109 Å². The molecule has 0 unspecified atom stereocenters. The Morgan fingerprint density at radius 2 is 1.89 bits per heavy atom. The van der Waals surface area contributed by atoms with E-state index in [9.17, 15) is 0 Å². The molecule has 0 saturated carbocycles. The summed E-state index contributed by atoms with van der Waals surface area (Å²) in [6.45, 7) is 9.88. The fourth-order valence-corrected chi connectivity index (χ4v) is 2.49. The van der Waals surface area contributed by atoms with Crippen LogP contribution in [0.4, 0.5) is 11.6 Å². The van der Waals surface area contributed by atoms with Crippen molar-refractivity contribution in [3.8, 4) is 0 Å². The Morgan fingerprint density at radius 1 is 1.17 bits per heavy atom. The molecule has 0 aromatic carbocycles. The number of likely N-dealkylation sites (N-methyl/N-ethyl adjacent to an activating group) is 1. The Hall–Kier alpha value is -1.36. The van der Waals surface area contributed by atoms with E-state index in [-0.39, 0.29) is 0 Å². The van der Waals surface area contributed by atoms with Crippen LogP contribution in [0.15, 0.2) is 6.33 Å². The van der Waals surface area contributed by atoms with Gasteiger partial charge < -0.3 is 15.1 Å². The molecule has 5 heteroatoms. The molecule has 1 saturated heterocycles. The number of hydrogen-bond acceptors (Lipinski definition) is 5. The van der Waals surface area contributed by atoms with Crippen LogP contribution >= 0.6 is 0 Å². The summed E-state index contributed by atoms with van der Waals surface area (Å²) in [6.07, 6.45) is 2.62. The second-order valence-electron chi connectivity index (χ2n) is 4.55. The maximum atomic E-state index is 4.49. The zero-order valence-corrected chi connectivity index (χ0v) is 11.6. The van der Waals surface area contributed by atoms with Gasteiger partial charge in [-0.3, -0.25) is 0 Å². The summed E-state index contributed by atoms with van der Waals surface area (Å²) in [4.78, 5) is 13.6. The van der Waals surface area contributed by atoms with Crippen LogP contribution in [0.2, 0.25) is 0 Å². The van der Waals surface area contributed by atoms with E-state index in [1.165, 1.54) is 5.56 Å². The Kier molecular flexibility index (Phi) is 4.36. The Morgan fingerprint density at radius 3 is 2.44 bits per heavy atom. The molecule has 1 aromatic heterocycles. The van der Waals surface area contributed by atoms with Gasteiger partial charge in [0.05, 0.1) is 0 Å². The SMILES string of the molecule is CCc1c(NC)ncnc1N1CCN(CC)CC1. The van der Waals surface area contributed by atoms with E-state index in [0.29, 0.717) is 0 Å². The first-order chi connectivity index (χ1) is 8.80. The minimum absolute atomic E-state index is 0.959. The second kappa shape index (κ2) is 6.00. The minimum Gasteiger partial charge on any atom is -0.373 e. The molecule has 0 aliphatic carbocycles. The highest BCUT2D eigenvalue weighted by Crippen LogP contribution is 2.24. The van der Waals surface area contributed by atoms with Crippen molar-refractivity contribution in [2.24, 2.45) is 0 Å². The molecule has 100 valence electrons. The van der Waals surface area contributed by atoms with Gasteiger partial charge in [0.1, 0.15) is 18.0 Å². The van der Waals surface area contributed by atoms with Crippen LogP contribution in [0, 0.1) is 0 Å². The molecule has 1 aliphatic rings. The van der Waals surface area contributed by atoms with Gasteiger partial charge in [0.15, 0.2) is 0 Å². The molecule has 0 amide bonds. The fraction of sp³-hybridized carbons (Fsp3) is 0.692. The molecule has 1 aromatic rings. The van der Waals surface area contributed by atoms with E-state index in [4.69, 9.17) is 0 Å². The predicted octanol–water partition coefficient (Wildman–Crippen LogP) is 1.22. The summed E-state index contributed by atoms with van der Waals surface area (Å²) >= 11 is 0. The van der Waals surface area contributed by atoms with Crippen molar-refractivity contribution < 1.29 is 0 Å². The van der Waals surface area contributed by atoms with E-state index in [0.717, 1.165) is 50.8 Å². The van der Waals surface area contributed by atoms with Gasteiger partial charge in [0.25, 0.3) is 0 Å². The van der Waals surface area contributed by atoms with Crippen LogP contribution in [0.1, 0.15) is 19.4 Å². The van der Waals surface area contributed by atoms with Crippen LogP contribution in [0.5, 0.6) is 0 Å². The maximum Gasteiger partial charge on any atom is 0.137 e.